The van der Waals surface area contributed by atoms with E-state index in [0.29, 0.717) is 58.4 Å². The third-order valence-electron chi connectivity index (χ3n) is 7.45. The molecular weight excluding hydrogens is 487 g/mol. The molecule has 0 spiro atoms. The number of carbonyl (C=O) groups excluding carboxylic acids is 1. The van der Waals surface area contributed by atoms with Gasteiger partial charge in [-0.1, -0.05) is 0 Å². The number of aryl methyl sites for hydroxylation is 1. The fourth-order valence-corrected chi connectivity index (χ4v) is 4.77. The van der Waals surface area contributed by atoms with E-state index < -0.39 is 5.60 Å². The van der Waals surface area contributed by atoms with Crippen molar-refractivity contribution >= 4 is 5.78 Å². The van der Waals surface area contributed by atoms with Gasteiger partial charge in [0.1, 0.15) is 22.9 Å². The van der Waals surface area contributed by atoms with E-state index >= 15 is 0 Å². The van der Waals surface area contributed by atoms with Crippen molar-refractivity contribution in [1.29, 1.82) is 0 Å². The quantitative estimate of drug-likeness (QED) is 0.350. The van der Waals surface area contributed by atoms with E-state index in [-0.39, 0.29) is 36.5 Å². The molecule has 1 saturated heterocycles. The summed E-state index contributed by atoms with van der Waals surface area (Å²) >= 11 is 0. The van der Waals surface area contributed by atoms with Crippen molar-refractivity contribution in [2.75, 3.05) is 27.3 Å². The Kier molecular flexibility index (Phi) is 7.36. The predicted octanol–water partition coefficient (Wildman–Crippen LogP) is 4.82. The molecule has 0 radical (unpaired) electrons. The maximum atomic E-state index is 13.9. The van der Waals surface area contributed by atoms with Crippen LogP contribution in [0.2, 0.25) is 0 Å². The van der Waals surface area contributed by atoms with Gasteiger partial charge in [0.25, 0.3) is 0 Å². The largest absolute Gasteiger partial charge is 0.494 e. The number of nitrogens with zero attached hydrogens (tertiary/aromatic N) is 1. The molecule has 7 nitrogen and oxygen atoms in total. The minimum absolute atomic E-state index is 0.102. The number of hydrogen-bond donors (Lipinski definition) is 2. The van der Waals surface area contributed by atoms with Gasteiger partial charge >= 0.3 is 0 Å². The molecular formula is C30H33FN2O5. The van der Waals surface area contributed by atoms with Gasteiger partial charge in [0.2, 0.25) is 0 Å². The van der Waals surface area contributed by atoms with Gasteiger partial charge in [-0.2, -0.15) is 0 Å². The summed E-state index contributed by atoms with van der Waals surface area (Å²) in [4.78, 5) is 18.0. The van der Waals surface area contributed by atoms with E-state index in [1.54, 1.807) is 63.6 Å². The lowest BCUT2D eigenvalue weighted by Crippen LogP contribution is -2.54. The van der Waals surface area contributed by atoms with Gasteiger partial charge in [-0.3, -0.25) is 4.79 Å². The summed E-state index contributed by atoms with van der Waals surface area (Å²) in [5, 5.41) is 15.2. The molecule has 38 heavy (non-hydrogen) atoms. The molecule has 0 bridgehead atoms. The number of aromatic nitrogens is 1. The Balaban J connectivity index is 1.41. The molecule has 1 aliphatic heterocycles. The second-order valence-corrected chi connectivity index (χ2v) is 10.1. The summed E-state index contributed by atoms with van der Waals surface area (Å²) in [5.74, 6) is 1.17. The minimum atomic E-state index is -1.34. The number of rotatable bonds is 11. The first-order valence-corrected chi connectivity index (χ1v) is 13.0. The monoisotopic (exact) mass is 520 g/mol. The van der Waals surface area contributed by atoms with Crippen LogP contribution in [0.25, 0.3) is 11.3 Å². The van der Waals surface area contributed by atoms with Crippen molar-refractivity contribution in [2.24, 2.45) is 5.92 Å². The molecule has 200 valence electrons. The highest BCUT2D eigenvalue weighted by molar-refractivity contribution is 5.96. The van der Waals surface area contributed by atoms with Crippen LogP contribution >= 0.6 is 0 Å². The molecule has 1 atom stereocenters. The van der Waals surface area contributed by atoms with E-state index in [0.717, 1.165) is 12.8 Å². The highest BCUT2D eigenvalue weighted by Crippen LogP contribution is 2.40. The molecule has 1 aliphatic carbocycles. The fraction of sp³-hybridized carbons (Fsp3) is 0.400. The molecule has 0 amide bonds. The number of nitrogens with one attached hydrogen (secondary N) is 1. The number of carbonyl (C=O) groups is 1. The van der Waals surface area contributed by atoms with Crippen LogP contribution < -0.4 is 19.5 Å². The summed E-state index contributed by atoms with van der Waals surface area (Å²) in [6.45, 7) is 2.92. The highest BCUT2D eigenvalue weighted by atomic mass is 19.1. The zero-order valence-electron chi connectivity index (χ0n) is 21.9. The standard InChI is InChI=1S/C30H33FN2O5/c1-18-14-20(4-8-23(18)31)29-26(36-2)10-11-28(33-29)30(35,21-16-32-17-21)13-12-24(34)19-5-9-25(27(15-19)37-3)38-22-6-7-22/h4-5,8-11,14-15,21-22,32,35H,6-7,12-13,16-17H2,1-3H3. The Labute approximate surface area is 222 Å². The molecule has 2 aromatic carbocycles. The van der Waals surface area contributed by atoms with Crippen LogP contribution in [0.15, 0.2) is 48.5 Å². The zero-order valence-corrected chi connectivity index (χ0v) is 21.9. The summed E-state index contributed by atoms with van der Waals surface area (Å²) in [7, 11) is 3.10. The third-order valence-corrected chi connectivity index (χ3v) is 7.45. The molecule has 2 fully saturated rings. The molecule has 2 N–H and O–H groups in total. The van der Waals surface area contributed by atoms with E-state index in [9.17, 15) is 14.3 Å². The van der Waals surface area contributed by atoms with E-state index in [1.807, 2.05) is 0 Å². The summed E-state index contributed by atoms with van der Waals surface area (Å²) < 4.78 is 30.8. The van der Waals surface area contributed by atoms with Crippen LogP contribution in [0.4, 0.5) is 4.39 Å². The van der Waals surface area contributed by atoms with Crippen LogP contribution in [-0.2, 0) is 5.60 Å². The van der Waals surface area contributed by atoms with Gasteiger partial charge in [-0.25, -0.2) is 9.37 Å². The molecule has 5 rings (SSSR count). The molecule has 1 unspecified atom stereocenters. The number of benzene rings is 2. The lowest BCUT2D eigenvalue weighted by Gasteiger charge is -2.42. The van der Waals surface area contributed by atoms with Crippen LogP contribution in [-0.4, -0.2) is 49.3 Å². The minimum Gasteiger partial charge on any atom is -0.494 e. The smallest absolute Gasteiger partial charge is 0.163 e. The van der Waals surface area contributed by atoms with E-state index in [2.05, 4.69) is 5.32 Å². The number of hydrogen-bond acceptors (Lipinski definition) is 7. The van der Waals surface area contributed by atoms with Crippen LogP contribution in [0.1, 0.15) is 47.3 Å². The van der Waals surface area contributed by atoms with Crippen molar-refractivity contribution < 1.29 is 28.5 Å². The lowest BCUT2D eigenvalue weighted by molar-refractivity contribution is -0.0554. The third kappa shape index (κ3) is 5.24. The molecule has 2 heterocycles. The average molecular weight is 521 g/mol. The van der Waals surface area contributed by atoms with Crippen LogP contribution in [0.3, 0.4) is 0 Å². The van der Waals surface area contributed by atoms with Gasteiger partial charge in [0, 0.05) is 36.6 Å². The highest BCUT2D eigenvalue weighted by Gasteiger charge is 2.43. The van der Waals surface area contributed by atoms with Gasteiger partial charge in [-0.15, -0.1) is 0 Å². The summed E-state index contributed by atoms with van der Waals surface area (Å²) in [5.41, 5.74) is 1.32. The molecule has 1 saturated carbocycles. The van der Waals surface area contributed by atoms with Gasteiger partial charge in [0.05, 0.1) is 26.0 Å². The number of ketones is 1. The van der Waals surface area contributed by atoms with Gasteiger partial charge in [-0.05, 0) is 80.3 Å². The number of methoxy groups -OCH3 is 2. The van der Waals surface area contributed by atoms with Crippen molar-refractivity contribution in [3.05, 3.63) is 71.2 Å². The van der Waals surface area contributed by atoms with Gasteiger partial charge in [0.15, 0.2) is 17.3 Å². The van der Waals surface area contributed by atoms with Crippen molar-refractivity contribution in [3.63, 3.8) is 0 Å². The Morgan fingerprint density at radius 3 is 2.42 bits per heavy atom. The fourth-order valence-electron chi connectivity index (χ4n) is 4.77. The number of aliphatic hydroxyl groups is 1. The van der Waals surface area contributed by atoms with E-state index in [1.165, 1.54) is 6.07 Å². The SMILES string of the molecule is COc1cc(C(=O)CCC(O)(c2ccc(OC)c(-c3ccc(F)c(C)c3)n2)C2CNC2)ccc1OC1CC1. The first-order valence-electron chi connectivity index (χ1n) is 13.0. The Bertz CT molecular complexity index is 1340. The summed E-state index contributed by atoms with van der Waals surface area (Å²) in [6, 6.07) is 13.5. The van der Waals surface area contributed by atoms with Crippen molar-refractivity contribution in [1.82, 2.24) is 10.3 Å². The number of pyridine rings is 1. The number of ether oxygens (including phenoxy) is 3. The molecule has 2 aliphatic rings. The Hall–Kier alpha value is -3.49. The lowest BCUT2D eigenvalue weighted by atomic mass is 9.76. The van der Waals surface area contributed by atoms with Crippen LogP contribution in [0.5, 0.6) is 17.2 Å². The molecule has 1 aromatic heterocycles. The Morgan fingerprint density at radius 1 is 1.05 bits per heavy atom. The summed E-state index contributed by atoms with van der Waals surface area (Å²) in [6.07, 6.45) is 2.60. The maximum Gasteiger partial charge on any atom is 0.163 e. The first-order chi connectivity index (χ1) is 18.3. The van der Waals surface area contributed by atoms with E-state index in [4.69, 9.17) is 19.2 Å². The number of halogens is 1. The normalized spacial score (nSPS) is 16.9. The number of Topliss-reactive ketones (excluding diaryl/α,β-unsaturated/α-hetero) is 1. The Morgan fingerprint density at radius 2 is 1.79 bits per heavy atom. The predicted molar refractivity (Wildman–Crippen MR) is 141 cm³/mol. The topological polar surface area (TPSA) is 89.9 Å². The van der Waals surface area contributed by atoms with Crippen LogP contribution in [0, 0.1) is 18.7 Å². The first kappa shape index (κ1) is 26.1. The molecule has 3 aromatic rings. The maximum absolute atomic E-state index is 13.9. The molecule has 8 heteroatoms. The van der Waals surface area contributed by atoms with Gasteiger partial charge < -0.3 is 24.6 Å². The van der Waals surface area contributed by atoms with Crippen molar-refractivity contribution in [3.8, 4) is 28.5 Å². The zero-order chi connectivity index (χ0) is 26.9. The van der Waals surface area contributed by atoms with Crippen molar-refractivity contribution in [2.45, 2.75) is 44.3 Å². The second kappa shape index (κ2) is 10.7. The second-order valence-electron chi connectivity index (χ2n) is 10.1. The average Bonchev–Trinajstić information content (AvgIpc) is 3.71.